The third-order valence-electron chi connectivity index (χ3n) is 1.82. The van der Waals surface area contributed by atoms with Gasteiger partial charge < -0.3 is 10.1 Å². The van der Waals surface area contributed by atoms with Crippen LogP contribution in [0.3, 0.4) is 0 Å². The van der Waals surface area contributed by atoms with E-state index in [1.165, 1.54) is 7.11 Å². The second kappa shape index (κ2) is 2.95. The molecule has 0 bridgehead atoms. The summed E-state index contributed by atoms with van der Waals surface area (Å²) in [6.45, 7) is 3.99. The average molecular weight is 155 g/mol. The predicted octanol–water partition coefficient (Wildman–Crippen LogP) is 0.815. The van der Waals surface area contributed by atoms with Gasteiger partial charge in [-0.05, 0) is 25.8 Å². The number of carbonyl (C=O) groups is 1. The van der Waals surface area contributed by atoms with Crippen molar-refractivity contribution in [3.8, 4) is 0 Å². The Morgan fingerprint density at radius 1 is 1.73 bits per heavy atom. The third kappa shape index (κ3) is 1.53. The van der Waals surface area contributed by atoms with E-state index < -0.39 is 0 Å². The van der Waals surface area contributed by atoms with Crippen molar-refractivity contribution in [3.05, 3.63) is 11.3 Å². The van der Waals surface area contributed by atoms with Gasteiger partial charge in [-0.1, -0.05) is 0 Å². The zero-order chi connectivity index (χ0) is 8.43. The first-order valence-corrected chi connectivity index (χ1v) is 3.69. The van der Waals surface area contributed by atoms with Crippen LogP contribution in [-0.4, -0.2) is 19.1 Å². The topological polar surface area (TPSA) is 38.3 Å². The van der Waals surface area contributed by atoms with E-state index in [0.29, 0.717) is 11.7 Å². The second-order valence-corrected chi connectivity index (χ2v) is 2.90. The average Bonchev–Trinajstić information content (AvgIpc) is 2.28. The standard InChI is InChI=1S/C8H13NO2/c1-5-4-6(2)9-7(5)8(10)11-3/h6,9H,4H2,1-3H3. The lowest BCUT2D eigenvalue weighted by Crippen LogP contribution is -2.23. The summed E-state index contributed by atoms with van der Waals surface area (Å²) in [5, 5.41) is 3.06. The van der Waals surface area contributed by atoms with Gasteiger partial charge in [-0.2, -0.15) is 0 Å². The fraction of sp³-hybridized carbons (Fsp3) is 0.625. The molecule has 0 spiro atoms. The van der Waals surface area contributed by atoms with Gasteiger partial charge in [-0.25, -0.2) is 4.79 Å². The van der Waals surface area contributed by atoms with E-state index in [0.717, 1.165) is 12.0 Å². The van der Waals surface area contributed by atoms with Crippen molar-refractivity contribution in [2.24, 2.45) is 0 Å². The molecule has 1 aliphatic rings. The number of rotatable bonds is 1. The summed E-state index contributed by atoms with van der Waals surface area (Å²) in [7, 11) is 1.40. The molecule has 1 rings (SSSR count). The van der Waals surface area contributed by atoms with Crippen molar-refractivity contribution >= 4 is 5.97 Å². The number of esters is 1. The fourth-order valence-corrected chi connectivity index (χ4v) is 1.32. The molecule has 62 valence electrons. The molecule has 0 saturated carbocycles. The maximum atomic E-state index is 11.0. The van der Waals surface area contributed by atoms with Crippen LogP contribution in [-0.2, 0) is 9.53 Å². The first-order chi connectivity index (χ1) is 5.15. The van der Waals surface area contributed by atoms with Crippen LogP contribution in [0.15, 0.2) is 11.3 Å². The van der Waals surface area contributed by atoms with Gasteiger partial charge in [-0.3, -0.25) is 0 Å². The van der Waals surface area contributed by atoms with E-state index in [1.807, 2.05) is 13.8 Å². The summed E-state index contributed by atoms with van der Waals surface area (Å²) in [5.41, 5.74) is 1.73. The van der Waals surface area contributed by atoms with E-state index in [-0.39, 0.29) is 5.97 Å². The van der Waals surface area contributed by atoms with Gasteiger partial charge in [0, 0.05) is 6.04 Å². The minimum absolute atomic E-state index is 0.258. The van der Waals surface area contributed by atoms with Crippen LogP contribution in [0.1, 0.15) is 20.3 Å². The highest BCUT2D eigenvalue weighted by Crippen LogP contribution is 2.18. The molecular formula is C8H13NO2. The molecule has 0 aromatic carbocycles. The van der Waals surface area contributed by atoms with Crippen molar-refractivity contribution in [2.45, 2.75) is 26.3 Å². The van der Waals surface area contributed by atoms with Crippen LogP contribution >= 0.6 is 0 Å². The van der Waals surface area contributed by atoms with Gasteiger partial charge >= 0.3 is 5.97 Å². The molecule has 11 heavy (non-hydrogen) atoms. The Balaban J connectivity index is 2.72. The van der Waals surface area contributed by atoms with E-state index in [4.69, 9.17) is 0 Å². The van der Waals surface area contributed by atoms with Gasteiger partial charge in [0.1, 0.15) is 5.70 Å². The largest absolute Gasteiger partial charge is 0.464 e. The number of nitrogens with one attached hydrogen (secondary N) is 1. The Labute approximate surface area is 66.4 Å². The first-order valence-electron chi connectivity index (χ1n) is 3.69. The molecule has 0 aliphatic carbocycles. The van der Waals surface area contributed by atoms with Gasteiger partial charge in [0.2, 0.25) is 0 Å². The molecule has 3 heteroatoms. The Bertz CT molecular complexity index is 208. The van der Waals surface area contributed by atoms with Gasteiger partial charge in [0.05, 0.1) is 7.11 Å². The van der Waals surface area contributed by atoms with Crippen LogP contribution in [0.25, 0.3) is 0 Å². The summed E-state index contributed by atoms with van der Waals surface area (Å²) in [5.74, 6) is -0.258. The van der Waals surface area contributed by atoms with Gasteiger partial charge in [0.25, 0.3) is 0 Å². The Kier molecular flexibility index (Phi) is 2.17. The molecular weight excluding hydrogens is 142 g/mol. The molecule has 1 heterocycles. The summed E-state index contributed by atoms with van der Waals surface area (Å²) in [6.07, 6.45) is 0.935. The van der Waals surface area contributed by atoms with Crippen molar-refractivity contribution in [3.63, 3.8) is 0 Å². The minimum atomic E-state index is -0.258. The van der Waals surface area contributed by atoms with Crippen molar-refractivity contribution in [2.75, 3.05) is 7.11 Å². The van der Waals surface area contributed by atoms with Crippen molar-refractivity contribution in [1.29, 1.82) is 0 Å². The van der Waals surface area contributed by atoms with Crippen LogP contribution in [0.4, 0.5) is 0 Å². The van der Waals surface area contributed by atoms with Crippen molar-refractivity contribution in [1.82, 2.24) is 5.32 Å². The molecule has 0 aromatic rings. The Morgan fingerprint density at radius 2 is 2.36 bits per heavy atom. The molecule has 0 radical (unpaired) electrons. The lowest BCUT2D eigenvalue weighted by molar-refractivity contribution is -0.136. The Morgan fingerprint density at radius 3 is 2.73 bits per heavy atom. The molecule has 1 atom stereocenters. The monoisotopic (exact) mass is 155 g/mol. The van der Waals surface area contributed by atoms with Gasteiger partial charge in [-0.15, -0.1) is 0 Å². The molecule has 1 N–H and O–H groups in total. The maximum absolute atomic E-state index is 11.0. The van der Waals surface area contributed by atoms with Gasteiger partial charge in [0.15, 0.2) is 0 Å². The highest BCUT2D eigenvalue weighted by molar-refractivity contribution is 5.89. The van der Waals surface area contributed by atoms with Crippen LogP contribution in [0.5, 0.6) is 0 Å². The molecule has 0 amide bonds. The summed E-state index contributed by atoms with van der Waals surface area (Å²) in [6, 6.07) is 0.365. The SMILES string of the molecule is COC(=O)C1=C(C)CC(C)N1. The zero-order valence-corrected chi connectivity index (χ0v) is 7.10. The van der Waals surface area contributed by atoms with E-state index >= 15 is 0 Å². The summed E-state index contributed by atoms with van der Waals surface area (Å²) < 4.78 is 4.59. The molecule has 3 nitrogen and oxygen atoms in total. The number of ether oxygens (including phenoxy) is 1. The van der Waals surface area contributed by atoms with E-state index in [9.17, 15) is 4.79 Å². The Hall–Kier alpha value is -0.990. The lowest BCUT2D eigenvalue weighted by atomic mass is 10.2. The fourth-order valence-electron chi connectivity index (χ4n) is 1.32. The number of hydrogen-bond donors (Lipinski definition) is 1. The number of methoxy groups -OCH3 is 1. The first kappa shape index (κ1) is 8.11. The summed E-state index contributed by atoms with van der Waals surface area (Å²) in [4.78, 5) is 11.0. The van der Waals surface area contributed by atoms with Crippen LogP contribution in [0, 0.1) is 0 Å². The van der Waals surface area contributed by atoms with E-state index in [2.05, 4.69) is 10.1 Å². The number of hydrogen-bond acceptors (Lipinski definition) is 3. The normalized spacial score (nSPS) is 23.4. The highest BCUT2D eigenvalue weighted by Gasteiger charge is 2.22. The number of carbonyl (C=O) groups excluding carboxylic acids is 1. The molecule has 0 fully saturated rings. The molecule has 0 saturated heterocycles. The van der Waals surface area contributed by atoms with Crippen molar-refractivity contribution < 1.29 is 9.53 Å². The summed E-state index contributed by atoms with van der Waals surface area (Å²) >= 11 is 0. The predicted molar refractivity (Wildman–Crippen MR) is 41.9 cm³/mol. The lowest BCUT2D eigenvalue weighted by Gasteiger charge is -2.05. The van der Waals surface area contributed by atoms with Crippen LogP contribution < -0.4 is 5.32 Å². The van der Waals surface area contributed by atoms with E-state index in [1.54, 1.807) is 0 Å². The zero-order valence-electron chi connectivity index (χ0n) is 7.10. The molecule has 1 aliphatic heterocycles. The third-order valence-corrected chi connectivity index (χ3v) is 1.82. The van der Waals surface area contributed by atoms with Crippen LogP contribution in [0.2, 0.25) is 0 Å². The quantitative estimate of drug-likeness (QED) is 0.569. The smallest absolute Gasteiger partial charge is 0.354 e. The molecule has 0 aromatic heterocycles. The molecule has 1 unspecified atom stereocenters. The maximum Gasteiger partial charge on any atom is 0.354 e. The minimum Gasteiger partial charge on any atom is -0.464 e. The highest BCUT2D eigenvalue weighted by atomic mass is 16.5. The second-order valence-electron chi connectivity index (χ2n) is 2.90.